The van der Waals surface area contributed by atoms with E-state index in [-0.39, 0.29) is 19.3 Å². The van der Waals surface area contributed by atoms with Crippen molar-refractivity contribution < 1.29 is 58.2 Å². The van der Waals surface area contributed by atoms with Gasteiger partial charge in [-0.25, -0.2) is 4.79 Å². The summed E-state index contributed by atoms with van der Waals surface area (Å²) in [6.45, 7) is 5.43. The topological polar surface area (TPSA) is 175 Å². The highest BCUT2D eigenvalue weighted by molar-refractivity contribution is 5.74. The molecule has 0 spiro atoms. The molecule has 1 heterocycles. The summed E-state index contributed by atoms with van der Waals surface area (Å²) in [6.07, 6.45) is 63.8. The molecule has 0 saturated carbocycles. The summed E-state index contributed by atoms with van der Waals surface area (Å²) in [7, 11) is 0. The summed E-state index contributed by atoms with van der Waals surface area (Å²) >= 11 is 0. The number of hydrogen-bond donors (Lipinski definition) is 3. The number of esters is 3. The average molecular weight is 1070 g/mol. The fourth-order valence-corrected chi connectivity index (χ4v) is 7.15. The van der Waals surface area contributed by atoms with Crippen molar-refractivity contribution in [2.45, 2.75) is 199 Å². The molecule has 77 heavy (non-hydrogen) atoms. The number of carbonyl (C=O) groups excluding carboxylic acids is 3. The Morgan fingerprint density at radius 2 is 0.818 bits per heavy atom. The molecule has 1 rings (SSSR count). The van der Waals surface area contributed by atoms with E-state index in [2.05, 4.69) is 142 Å². The quantitative estimate of drug-likeness (QED) is 0.0228. The zero-order valence-electron chi connectivity index (χ0n) is 46.6. The zero-order valence-corrected chi connectivity index (χ0v) is 46.6. The van der Waals surface area contributed by atoms with E-state index in [1.165, 1.54) is 0 Å². The van der Waals surface area contributed by atoms with Crippen molar-refractivity contribution in [3.8, 4) is 0 Å². The van der Waals surface area contributed by atoms with E-state index in [1.54, 1.807) is 12.2 Å². The van der Waals surface area contributed by atoms with Crippen molar-refractivity contribution in [2.75, 3.05) is 13.2 Å². The molecular formula is C65H94O12. The summed E-state index contributed by atoms with van der Waals surface area (Å²) in [5.74, 6) is -3.52. The van der Waals surface area contributed by atoms with Gasteiger partial charge in [-0.05, 0) is 109 Å². The number of unbranched alkanes of at least 4 members (excludes halogenated alkanes) is 4. The van der Waals surface area contributed by atoms with Crippen LogP contribution in [0.25, 0.3) is 0 Å². The smallest absolute Gasteiger partial charge is 0.335 e. The third kappa shape index (κ3) is 40.9. The van der Waals surface area contributed by atoms with Crippen LogP contribution in [0.5, 0.6) is 0 Å². The van der Waals surface area contributed by atoms with Gasteiger partial charge in [0.1, 0.15) is 18.8 Å². The lowest BCUT2D eigenvalue weighted by atomic mass is 9.98. The van der Waals surface area contributed by atoms with Crippen LogP contribution < -0.4 is 0 Å². The van der Waals surface area contributed by atoms with Gasteiger partial charge in [-0.2, -0.15) is 0 Å². The Morgan fingerprint density at radius 3 is 1.23 bits per heavy atom. The van der Waals surface area contributed by atoms with Gasteiger partial charge in [0.05, 0.1) is 19.4 Å². The Balaban J connectivity index is 2.84. The summed E-state index contributed by atoms with van der Waals surface area (Å²) < 4.78 is 28.1. The zero-order chi connectivity index (χ0) is 56.1. The summed E-state index contributed by atoms with van der Waals surface area (Å²) in [5.41, 5.74) is 0. The van der Waals surface area contributed by atoms with Crippen LogP contribution in [0, 0.1) is 0 Å². The van der Waals surface area contributed by atoms with Crippen molar-refractivity contribution in [3.05, 3.63) is 170 Å². The first kappa shape index (κ1) is 69.1. The minimum atomic E-state index is -1.95. The number of aliphatic hydroxyl groups is 2. The van der Waals surface area contributed by atoms with Crippen LogP contribution in [0.3, 0.4) is 0 Å². The number of aliphatic hydroxyl groups excluding tert-OH is 2. The van der Waals surface area contributed by atoms with Crippen molar-refractivity contribution in [1.82, 2.24) is 0 Å². The highest BCUT2D eigenvalue weighted by atomic mass is 16.7. The molecule has 1 aliphatic rings. The highest BCUT2D eigenvalue weighted by Crippen LogP contribution is 2.26. The van der Waals surface area contributed by atoms with Crippen molar-refractivity contribution in [2.24, 2.45) is 0 Å². The second-order valence-corrected chi connectivity index (χ2v) is 18.1. The third-order valence-corrected chi connectivity index (χ3v) is 11.3. The SMILES string of the molecule is CC/C=C\C/C=C\C/C=C\C/C=C\C/C=C\CC(=O)OCC(COC1OC(C(=O)O)C(O)C(O)C1OC(=O)CCCCCC/C=C\C/C=C\C/C=C\C/C=C\CC)OC(=O)C/C=C\C/C=C\C/C=C\C/C=C\C/C=C\CC. The van der Waals surface area contributed by atoms with Gasteiger partial charge in [-0.15, -0.1) is 0 Å². The number of aliphatic carboxylic acids is 1. The van der Waals surface area contributed by atoms with E-state index in [0.717, 1.165) is 103 Å². The van der Waals surface area contributed by atoms with Gasteiger partial charge in [0.15, 0.2) is 24.6 Å². The van der Waals surface area contributed by atoms with Crippen molar-refractivity contribution in [3.63, 3.8) is 0 Å². The van der Waals surface area contributed by atoms with Gasteiger partial charge in [-0.1, -0.05) is 204 Å². The van der Waals surface area contributed by atoms with Crippen molar-refractivity contribution >= 4 is 23.9 Å². The van der Waals surface area contributed by atoms with Crippen LogP contribution in [-0.2, 0) is 42.9 Å². The Bertz CT molecular complexity index is 1990. The van der Waals surface area contributed by atoms with E-state index in [0.29, 0.717) is 19.3 Å². The maximum absolute atomic E-state index is 13.1. The Morgan fingerprint density at radius 1 is 0.442 bits per heavy atom. The van der Waals surface area contributed by atoms with Crippen LogP contribution in [0.4, 0.5) is 0 Å². The van der Waals surface area contributed by atoms with E-state index in [1.807, 2.05) is 36.5 Å². The molecule has 0 aromatic carbocycles. The molecule has 0 bridgehead atoms. The molecule has 1 saturated heterocycles. The van der Waals surface area contributed by atoms with Crippen LogP contribution in [0.1, 0.15) is 162 Å². The van der Waals surface area contributed by atoms with Gasteiger partial charge in [0.25, 0.3) is 0 Å². The maximum atomic E-state index is 13.1. The van der Waals surface area contributed by atoms with Gasteiger partial charge in [0, 0.05) is 6.42 Å². The largest absolute Gasteiger partial charge is 0.479 e. The van der Waals surface area contributed by atoms with Gasteiger partial charge in [-0.3, -0.25) is 14.4 Å². The molecule has 1 aliphatic heterocycles. The molecule has 12 heteroatoms. The molecule has 6 atom stereocenters. The Labute approximate surface area is 462 Å². The number of carboxylic acid groups (broad SMARTS) is 1. The summed E-state index contributed by atoms with van der Waals surface area (Å²) in [4.78, 5) is 50.9. The minimum Gasteiger partial charge on any atom is -0.479 e. The van der Waals surface area contributed by atoms with Gasteiger partial charge in [0.2, 0.25) is 0 Å². The molecule has 3 N–H and O–H groups in total. The molecule has 426 valence electrons. The second-order valence-electron chi connectivity index (χ2n) is 18.1. The first-order valence-electron chi connectivity index (χ1n) is 28.1. The molecule has 1 fully saturated rings. The monoisotopic (exact) mass is 1070 g/mol. The van der Waals surface area contributed by atoms with Crippen LogP contribution in [0.15, 0.2) is 170 Å². The first-order chi connectivity index (χ1) is 37.6. The minimum absolute atomic E-state index is 0.00223. The van der Waals surface area contributed by atoms with Crippen LogP contribution in [0.2, 0.25) is 0 Å². The predicted octanol–water partition coefficient (Wildman–Crippen LogP) is 14.3. The molecule has 0 aliphatic carbocycles. The Kier molecular flexibility index (Phi) is 45.6. The lowest BCUT2D eigenvalue weighted by molar-refractivity contribution is -0.301. The molecule has 0 radical (unpaired) electrons. The molecule has 0 aromatic heterocycles. The summed E-state index contributed by atoms with van der Waals surface area (Å²) in [5, 5.41) is 31.4. The average Bonchev–Trinajstić information content (AvgIpc) is 3.42. The van der Waals surface area contributed by atoms with E-state index in [4.69, 9.17) is 23.7 Å². The van der Waals surface area contributed by atoms with Crippen LogP contribution >= 0.6 is 0 Å². The molecule has 12 nitrogen and oxygen atoms in total. The standard InChI is InChI=1S/C65H94O12/c1-4-7-10-13-16-19-22-25-28-29-32-35-38-41-44-47-50-53-59(68)76-63-61(70)60(69)62(64(71)72)77-65(63)74-55-56(75-58(67)52-49-46-43-40-37-34-31-27-24-21-18-15-12-9-6-3)54-73-57(66)51-48-45-42-39-36-33-30-26-23-20-17-14-11-8-5-2/h7-12,16-21,25-28,30-32,35-37,39-40,45-46,48-49,56,60-63,65,69-70H,4-6,13-15,22-24,29,33-34,38,41-44,47,50-55H2,1-3H3,(H,71,72)/b10-7-,11-8-,12-9-,19-16-,20-17-,21-18-,28-25-,30-26-,31-27-,35-32-,39-36-,40-37-,48-45-,49-46-. The maximum Gasteiger partial charge on any atom is 0.335 e. The molecule has 6 unspecified atom stereocenters. The number of ether oxygens (including phenoxy) is 5. The second kappa shape index (κ2) is 50.9. The fraction of sp³-hybridized carbons (Fsp3) is 0.508. The lowest BCUT2D eigenvalue weighted by Crippen LogP contribution is -2.61. The molecular weight excluding hydrogens is 973 g/mol. The number of rotatable bonds is 44. The first-order valence-corrected chi connectivity index (χ1v) is 28.1. The predicted molar refractivity (Wildman–Crippen MR) is 312 cm³/mol. The van der Waals surface area contributed by atoms with Gasteiger partial charge >= 0.3 is 23.9 Å². The molecule has 0 aromatic rings. The Hall–Kier alpha value is -5.92. The van der Waals surface area contributed by atoms with E-state index >= 15 is 0 Å². The highest BCUT2D eigenvalue weighted by Gasteiger charge is 2.50. The molecule has 0 amide bonds. The van der Waals surface area contributed by atoms with Crippen molar-refractivity contribution in [1.29, 1.82) is 0 Å². The number of allylic oxidation sites excluding steroid dienone is 26. The number of hydrogen-bond acceptors (Lipinski definition) is 11. The fourth-order valence-electron chi connectivity index (χ4n) is 7.15. The third-order valence-electron chi connectivity index (χ3n) is 11.3. The van der Waals surface area contributed by atoms with Crippen LogP contribution in [-0.4, -0.2) is 89.2 Å². The van der Waals surface area contributed by atoms with Gasteiger partial charge < -0.3 is 39.0 Å². The number of carboxylic acids is 1. The normalized spacial score (nSPS) is 19.3. The van der Waals surface area contributed by atoms with E-state index in [9.17, 15) is 34.5 Å². The summed E-state index contributed by atoms with van der Waals surface area (Å²) in [6, 6.07) is 0. The number of carbonyl (C=O) groups is 4. The van der Waals surface area contributed by atoms with E-state index < -0.39 is 73.9 Å². The lowest BCUT2D eigenvalue weighted by Gasteiger charge is -2.40.